The van der Waals surface area contributed by atoms with Crippen molar-refractivity contribution in [2.45, 2.75) is 77.5 Å². The van der Waals surface area contributed by atoms with Crippen LogP contribution < -0.4 is 0 Å². The number of rotatable bonds is 2. The van der Waals surface area contributed by atoms with Gasteiger partial charge in [-0.3, -0.25) is 0 Å². The first-order valence-corrected chi connectivity index (χ1v) is 6.86. The number of hydrogen-bond acceptors (Lipinski definition) is 1. The minimum atomic E-state index is -0.157. The summed E-state index contributed by atoms with van der Waals surface area (Å²) >= 11 is 0. The maximum Gasteiger partial charge on any atom is 0.155 e. The Kier molecular flexibility index (Phi) is 3.68. The molecule has 0 saturated carbocycles. The van der Waals surface area contributed by atoms with E-state index in [1.165, 1.54) is 32.1 Å². The van der Waals surface area contributed by atoms with Crippen LogP contribution in [0.25, 0.3) is 0 Å². The van der Waals surface area contributed by atoms with Crippen LogP contribution in [0, 0.1) is 5.92 Å². The highest BCUT2D eigenvalue weighted by Gasteiger charge is 2.39. The van der Waals surface area contributed by atoms with E-state index in [1.54, 1.807) is 5.71 Å². The zero-order chi connectivity index (χ0) is 11.7. The van der Waals surface area contributed by atoms with Gasteiger partial charge in [-0.05, 0) is 19.3 Å². The Morgan fingerprint density at radius 2 is 2.19 bits per heavy atom. The molecule has 4 atom stereocenters. The van der Waals surface area contributed by atoms with Gasteiger partial charge in [0.25, 0.3) is 0 Å². The molecule has 0 amide bonds. The van der Waals surface area contributed by atoms with Gasteiger partial charge in [-0.15, -0.1) is 0 Å². The molecule has 0 aliphatic carbocycles. The molecule has 92 valence electrons. The zero-order valence-corrected chi connectivity index (χ0v) is 10.9. The van der Waals surface area contributed by atoms with Crippen LogP contribution in [0.1, 0.15) is 59.3 Å². The lowest BCUT2D eigenvalue weighted by Gasteiger charge is -2.34. The maximum absolute atomic E-state index is 9.60. The van der Waals surface area contributed by atoms with Gasteiger partial charge in [0.15, 0.2) is 12.1 Å². The van der Waals surface area contributed by atoms with Crippen LogP contribution >= 0.6 is 0 Å². The molecule has 1 unspecified atom stereocenters. The number of nitrogens with zero attached hydrogens (tertiary/aromatic N) is 1. The predicted octanol–water partition coefficient (Wildman–Crippen LogP) is 2.58. The predicted molar refractivity (Wildman–Crippen MR) is 67.1 cm³/mol. The third kappa shape index (κ3) is 2.48. The van der Waals surface area contributed by atoms with Crippen LogP contribution in [0.5, 0.6) is 0 Å². The molecule has 0 aromatic carbocycles. The van der Waals surface area contributed by atoms with Gasteiger partial charge in [-0.2, -0.15) is 0 Å². The molecule has 1 fully saturated rings. The molecule has 2 heteroatoms. The second kappa shape index (κ2) is 4.87. The monoisotopic (exact) mass is 224 g/mol. The fraction of sp³-hybridized carbons (Fsp3) is 0.929. The summed E-state index contributed by atoms with van der Waals surface area (Å²) < 4.78 is 2.65. The van der Waals surface area contributed by atoms with E-state index in [0.717, 1.165) is 18.4 Å². The topological polar surface area (TPSA) is 23.2 Å². The molecule has 1 N–H and O–H groups in total. The van der Waals surface area contributed by atoms with Crippen molar-refractivity contribution in [2.75, 3.05) is 0 Å². The molecule has 2 aliphatic heterocycles. The third-order valence-electron chi connectivity index (χ3n) is 4.23. The molecular formula is C14H26NO+. The van der Waals surface area contributed by atoms with Crippen molar-refractivity contribution in [1.29, 1.82) is 0 Å². The average Bonchev–Trinajstić information content (AvgIpc) is 2.15. The third-order valence-corrected chi connectivity index (χ3v) is 4.23. The van der Waals surface area contributed by atoms with E-state index in [-0.39, 0.29) is 6.10 Å². The molecule has 0 aromatic heterocycles. The van der Waals surface area contributed by atoms with Crippen molar-refractivity contribution in [2.24, 2.45) is 5.92 Å². The number of fused-ring (bicyclic) bond motifs is 1. The summed E-state index contributed by atoms with van der Waals surface area (Å²) in [4.78, 5) is 0. The Hall–Kier alpha value is -0.370. The van der Waals surface area contributed by atoms with E-state index in [2.05, 4.69) is 18.4 Å². The number of aliphatic hydroxyl groups is 1. The summed E-state index contributed by atoms with van der Waals surface area (Å²) in [5, 5.41) is 9.60. The summed E-state index contributed by atoms with van der Waals surface area (Å²) in [6.45, 7) is 6.59. The molecule has 0 spiro atoms. The number of hydrogen-bond donors (Lipinski definition) is 1. The molecule has 16 heavy (non-hydrogen) atoms. The quantitative estimate of drug-likeness (QED) is 0.716. The van der Waals surface area contributed by atoms with Crippen molar-refractivity contribution in [3.05, 3.63) is 0 Å². The maximum atomic E-state index is 9.60. The van der Waals surface area contributed by atoms with Gasteiger partial charge < -0.3 is 5.11 Å². The largest absolute Gasteiger partial charge is 0.393 e. The van der Waals surface area contributed by atoms with Crippen molar-refractivity contribution in [3.8, 4) is 0 Å². The number of piperidine rings is 1. The van der Waals surface area contributed by atoms with Gasteiger partial charge in [0.05, 0.1) is 6.10 Å². The van der Waals surface area contributed by atoms with Crippen LogP contribution in [0.15, 0.2) is 0 Å². The van der Waals surface area contributed by atoms with Crippen molar-refractivity contribution < 1.29 is 9.68 Å². The van der Waals surface area contributed by atoms with Gasteiger partial charge in [0, 0.05) is 39.0 Å². The van der Waals surface area contributed by atoms with E-state index in [4.69, 9.17) is 0 Å². The van der Waals surface area contributed by atoms with E-state index in [1.807, 2.05) is 6.92 Å². The minimum Gasteiger partial charge on any atom is -0.393 e. The SMILES string of the molecule is CC1=[N+]2C(C[C@H](C)O)CCC[C@H]2C[C@H](C)C1. The van der Waals surface area contributed by atoms with Crippen LogP contribution in [0.4, 0.5) is 0 Å². The Morgan fingerprint density at radius 3 is 2.88 bits per heavy atom. The molecule has 2 aliphatic rings. The highest BCUT2D eigenvalue weighted by Crippen LogP contribution is 2.31. The van der Waals surface area contributed by atoms with E-state index in [9.17, 15) is 5.11 Å². The Labute approximate surface area is 99.4 Å². The Bertz CT molecular complexity index is 282. The second-order valence-corrected chi connectivity index (χ2v) is 6.01. The lowest BCUT2D eigenvalue weighted by Crippen LogP contribution is -2.47. The van der Waals surface area contributed by atoms with Crippen molar-refractivity contribution >= 4 is 5.71 Å². The molecule has 1 saturated heterocycles. The Morgan fingerprint density at radius 1 is 1.44 bits per heavy atom. The van der Waals surface area contributed by atoms with Crippen molar-refractivity contribution in [3.63, 3.8) is 0 Å². The lowest BCUT2D eigenvalue weighted by atomic mass is 9.83. The molecule has 2 nitrogen and oxygen atoms in total. The fourth-order valence-corrected chi connectivity index (χ4v) is 3.80. The Balaban J connectivity index is 2.18. The first kappa shape index (κ1) is 12.1. The first-order chi connectivity index (χ1) is 7.58. The van der Waals surface area contributed by atoms with Gasteiger partial charge in [-0.25, -0.2) is 4.58 Å². The summed E-state index contributed by atoms with van der Waals surface area (Å²) in [6, 6.07) is 1.37. The van der Waals surface area contributed by atoms with E-state index >= 15 is 0 Å². The highest BCUT2D eigenvalue weighted by molar-refractivity contribution is 5.77. The van der Waals surface area contributed by atoms with Gasteiger partial charge in [0.1, 0.15) is 5.71 Å². The molecule has 0 radical (unpaired) electrons. The van der Waals surface area contributed by atoms with Gasteiger partial charge >= 0.3 is 0 Å². The molecule has 0 bridgehead atoms. The van der Waals surface area contributed by atoms with Crippen LogP contribution in [-0.2, 0) is 0 Å². The van der Waals surface area contributed by atoms with Gasteiger partial charge in [-0.1, -0.05) is 6.92 Å². The highest BCUT2D eigenvalue weighted by atomic mass is 16.3. The van der Waals surface area contributed by atoms with Crippen molar-refractivity contribution in [1.82, 2.24) is 0 Å². The summed E-state index contributed by atoms with van der Waals surface area (Å²) in [5.41, 5.74) is 1.56. The number of aliphatic hydroxyl groups excluding tert-OH is 1. The first-order valence-electron chi connectivity index (χ1n) is 6.86. The van der Waals surface area contributed by atoms with E-state index in [0.29, 0.717) is 6.04 Å². The smallest absolute Gasteiger partial charge is 0.155 e. The van der Waals surface area contributed by atoms with Crippen LogP contribution in [0.2, 0.25) is 0 Å². The zero-order valence-electron chi connectivity index (χ0n) is 10.9. The molecule has 2 heterocycles. The van der Waals surface area contributed by atoms with Crippen LogP contribution in [0.3, 0.4) is 0 Å². The van der Waals surface area contributed by atoms with E-state index < -0.39 is 0 Å². The fourth-order valence-electron chi connectivity index (χ4n) is 3.80. The van der Waals surface area contributed by atoms with Gasteiger partial charge in [0.2, 0.25) is 0 Å². The lowest BCUT2D eigenvalue weighted by molar-refractivity contribution is -0.620. The average molecular weight is 224 g/mol. The summed E-state index contributed by atoms with van der Waals surface area (Å²) in [6.07, 6.45) is 7.38. The van der Waals surface area contributed by atoms with Crippen LogP contribution in [-0.4, -0.2) is 33.6 Å². The second-order valence-electron chi connectivity index (χ2n) is 6.01. The molecular weight excluding hydrogens is 198 g/mol. The summed E-state index contributed by atoms with van der Waals surface area (Å²) in [7, 11) is 0. The molecule has 2 rings (SSSR count). The molecule has 0 aromatic rings. The summed E-state index contributed by atoms with van der Waals surface area (Å²) in [5.74, 6) is 0.853. The standard InChI is InChI=1S/C14H26NO/c1-10-7-11(2)15-13(8-10)5-4-6-14(15)9-12(3)16/h10,12-14,16H,4-9H2,1-3H3/q+1/t10-,12+,13+,14?/m1/s1. The normalized spacial score (nSPS) is 37.1. The minimum absolute atomic E-state index is 0.157.